The lowest BCUT2D eigenvalue weighted by molar-refractivity contribution is -0.129. The summed E-state index contributed by atoms with van der Waals surface area (Å²) in [6.07, 6.45) is 7.42. The molecule has 1 saturated carbocycles. The Morgan fingerprint density at radius 2 is 1.06 bits per heavy atom. The van der Waals surface area contributed by atoms with Crippen molar-refractivity contribution in [1.29, 1.82) is 0 Å². The highest BCUT2D eigenvalue weighted by molar-refractivity contribution is 6.19. The smallest absolute Gasteiger partial charge is 0.169 e. The minimum Gasteiger partial charge on any atom is -0.493 e. The fraction of sp³-hybridized carbons (Fsp3) is 0.280. The van der Waals surface area contributed by atoms with Crippen molar-refractivity contribution in [3.05, 3.63) is 59.7 Å². The topological polar surface area (TPSA) is 71.1 Å². The second kappa shape index (κ2) is 9.51. The van der Waals surface area contributed by atoms with Gasteiger partial charge in [0.25, 0.3) is 0 Å². The number of allylic oxidation sites excluding steroid dienone is 2. The molecule has 0 saturated heterocycles. The van der Waals surface area contributed by atoms with E-state index in [-0.39, 0.29) is 11.6 Å². The molecule has 0 bridgehead atoms. The van der Waals surface area contributed by atoms with Crippen molar-refractivity contribution in [3.63, 3.8) is 0 Å². The van der Waals surface area contributed by atoms with Gasteiger partial charge in [-0.05, 0) is 60.4 Å². The van der Waals surface area contributed by atoms with Crippen LogP contribution in [-0.4, -0.2) is 40.0 Å². The molecule has 0 radical (unpaired) electrons. The second-order valence-corrected chi connectivity index (χ2v) is 7.21. The van der Waals surface area contributed by atoms with E-state index in [2.05, 4.69) is 0 Å². The van der Waals surface area contributed by atoms with Gasteiger partial charge >= 0.3 is 0 Å². The standard InChI is InChI=1S/C25H26O6/c1-28-19-9-5-17(15-21(19)30-3)7-11-23(26)25(13-14-25)24(27)12-8-18-6-10-20(29-2)22(16-18)31-4/h5-12,15-16H,13-14H2,1-4H3/b11-7+,12-8+. The number of hydrogen-bond acceptors (Lipinski definition) is 6. The molecule has 0 spiro atoms. The van der Waals surface area contributed by atoms with Gasteiger partial charge in [-0.25, -0.2) is 0 Å². The molecule has 0 heterocycles. The molecular formula is C25H26O6. The number of carbonyl (C=O) groups excluding carboxylic acids is 2. The van der Waals surface area contributed by atoms with Crippen LogP contribution in [-0.2, 0) is 9.59 Å². The monoisotopic (exact) mass is 422 g/mol. The highest BCUT2D eigenvalue weighted by Gasteiger charge is 2.53. The molecule has 0 N–H and O–H groups in total. The van der Waals surface area contributed by atoms with E-state index in [1.807, 2.05) is 12.1 Å². The first-order valence-electron chi connectivity index (χ1n) is 9.86. The molecule has 0 amide bonds. The number of methoxy groups -OCH3 is 4. The molecule has 1 aliphatic carbocycles. The molecule has 6 nitrogen and oxygen atoms in total. The van der Waals surface area contributed by atoms with Crippen LogP contribution in [0.4, 0.5) is 0 Å². The lowest BCUT2D eigenvalue weighted by Crippen LogP contribution is -2.22. The van der Waals surface area contributed by atoms with Gasteiger partial charge in [-0.2, -0.15) is 0 Å². The van der Waals surface area contributed by atoms with Crippen molar-refractivity contribution < 1.29 is 28.5 Å². The molecule has 2 aromatic rings. The number of ketones is 2. The molecule has 0 unspecified atom stereocenters. The number of carbonyl (C=O) groups is 2. The Balaban J connectivity index is 1.71. The number of hydrogen-bond donors (Lipinski definition) is 0. The number of rotatable bonds is 10. The van der Waals surface area contributed by atoms with Crippen molar-refractivity contribution in [1.82, 2.24) is 0 Å². The molecule has 1 aliphatic rings. The van der Waals surface area contributed by atoms with Crippen molar-refractivity contribution in [2.75, 3.05) is 28.4 Å². The van der Waals surface area contributed by atoms with Crippen LogP contribution in [0.15, 0.2) is 48.6 Å². The molecule has 2 aromatic carbocycles. The van der Waals surface area contributed by atoms with E-state index < -0.39 is 5.41 Å². The van der Waals surface area contributed by atoms with E-state index in [1.54, 1.807) is 64.9 Å². The van der Waals surface area contributed by atoms with E-state index in [9.17, 15) is 9.59 Å². The van der Waals surface area contributed by atoms with Crippen molar-refractivity contribution in [2.45, 2.75) is 12.8 Å². The Morgan fingerprint density at radius 3 is 1.39 bits per heavy atom. The van der Waals surface area contributed by atoms with Crippen molar-refractivity contribution in [3.8, 4) is 23.0 Å². The largest absolute Gasteiger partial charge is 0.493 e. The van der Waals surface area contributed by atoms with Crippen LogP contribution in [0.1, 0.15) is 24.0 Å². The average molecular weight is 422 g/mol. The molecule has 3 rings (SSSR count). The van der Waals surface area contributed by atoms with Crippen LogP contribution in [0.2, 0.25) is 0 Å². The highest BCUT2D eigenvalue weighted by Crippen LogP contribution is 2.48. The normalized spacial score (nSPS) is 14.5. The fourth-order valence-electron chi connectivity index (χ4n) is 3.32. The summed E-state index contributed by atoms with van der Waals surface area (Å²) in [5, 5.41) is 0. The SMILES string of the molecule is COc1ccc(/C=C/C(=O)C2(C(=O)/C=C/c3ccc(OC)c(OC)c3)CC2)cc1OC. The first kappa shape index (κ1) is 22.2. The van der Waals surface area contributed by atoms with Gasteiger partial charge in [-0.1, -0.05) is 24.3 Å². The molecule has 162 valence electrons. The summed E-state index contributed by atoms with van der Waals surface area (Å²) in [6, 6.07) is 10.7. The third kappa shape index (κ3) is 4.79. The lowest BCUT2D eigenvalue weighted by atomic mass is 9.93. The Kier molecular flexibility index (Phi) is 6.80. The first-order valence-corrected chi connectivity index (χ1v) is 9.86. The Hall–Kier alpha value is -3.54. The first-order chi connectivity index (χ1) is 15.0. The minimum atomic E-state index is -0.958. The van der Waals surface area contributed by atoms with Gasteiger partial charge in [0.2, 0.25) is 0 Å². The molecule has 0 aromatic heterocycles. The van der Waals surface area contributed by atoms with Crippen LogP contribution >= 0.6 is 0 Å². The highest BCUT2D eigenvalue weighted by atomic mass is 16.5. The Bertz CT molecular complexity index is 951. The van der Waals surface area contributed by atoms with Crippen LogP contribution in [0.5, 0.6) is 23.0 Å². The van der Waals surface area contributed by atoms with Gasteiger partial charge in [-0.3, -0.25) is 9.59 Å². The maximum atomic E-state index is 12.8. The van der Waals surface area contributed by atoms with E-state index in [0.717, 1.165) is 11.1 Å². The molecular weight excluding hydrogens is 396 g/mol. The summed E-state index contributed by atoms with van der Waals surface area (Å²) in [7, 11) is 6.24. The van der Waals surface area contributed by atoms with Gasteiger partial charge in [0, 0.05) is 0 Å². The quantitative estimate of drug-likeness (QED) is 0.418. The lowest BCUT2D eigenvalue weighted by Gasteiger charge is -2.09. The number of ether oxygens (including phenoxy) is 4. The van der Waals surface area contributed by atoms with E-state index in [4.69, 9.17) is 18.9 Å². The van der Waals surface area contributed by atoms with E-state index >= 15 is 0 Å². The molecule has 31 heavy (non-hydrogen) atoms. The van der Waals surface area contributed by atoms with Crippen molar-refractivity contribution in [2.24, 2.45) is 5.41 Å². The maximum absolute atomic E-state index is 12.8. The summed E-state index contributed by atoms with van der Waals surface area (Å²) >= 11 is 0. The molecule has 0 atom stereocenters. The van der Waals surface area contributed by atoms with Crippen LogP contribution in [0, 0.1) is 5.41 Å². The van der Waals surface area contributed by atoms with Crippen LogP contribution in [0.25, 0.3) is 12.2 Å². The van der Waals surface area contributed by atoms with E-state index in [1.165, 1.54) is 12.2 Å². The zero-order chi connectivity index (χ0) is 22.4. The van der Waals surface area contributed by atoms with Gasteiger partial charge < -0.3 is 18.9 Å². The van der Waals surface area contributed by atoms with Crippen molar-refractivity contribution >= 4 is 23.7 Å². The maximum Gasteiger partial charge on any atom is 0.169 e. The average Bonchev–Trinajstić information content (AvgIpc) is 3.62. The van der Waals surface area contributed by atoms with Crippen LogP contribution < -0.4 is 18.9 Å². The third-order valence-corrected chi connectivity index (χ3v) is 5.36. The summed E-state index contributed by atoms with van der Waals surface area (Å²) in [6.45, 7) is 0. The Morgan fingerprint density at radius 1 is 0.677 bits per heavy atom. The van der Waals surface area contributed by atoms with Gasteiger partial charge in [0.05, 0.1) is 33.9 Å². The molecule has 1 fully saturated rings. The predicted octanol–water partition coefficient (Wildman–Crippen LogP) is 4.37. The second-order valence-electron chi connectivity index (χ2n) is 7.21. The molecule has 0 aliphatic heterocycles. The number of benzene rings is 2. The zero-order valence-corrected chi connectivity index (χ0v) is 18.1. The van der Waals surface area contributed by atoms with Gasteiger partial charge in [0.1, 0.15) is 0 Å². The fourth-order valence-corrected chi connectivity index (χ4v) is 3.32. The zero-order valence-electron chi connectivity index (χ0n) is 18.1. The summed E-state index contributed by atoms with van der Waals surface area (Å²) in [5.74, 6) is 1.99. The minimum absolute atomic E-state index is 0.191. The summed E-state index contributed by atoms with van der Waals surface area (Å²) in [4.78, 5) is 25.6. The van der Waals surface area contributed by atoms with Gasteiger partial charge in [-0.15, -0.1) is 0 Å². The summed E-state index contributed by atoms with van der Waals surface area (Å²) in [5.41, 5.74) is 0.616. The van der Waals surface area contributed by atoms with Gasteiger partial charge in [0.15, 0.2) is 34.6 Å². The third-order valence-electron chi connectivity index (χ3n) is 5.36. The molecule has 6 heteroatoms. The van der Waals surface area contributed by atoms with Crippen LogP contribution in [0.3, 0.4) is 0 Å². The van der Waals surface area contributed by atoms with E-state index in [0.29, 0.717) is 35.8 Å². The predicted molar refractivity (Wildman–Crippen MR) is 119 cm³/mol. The Labute approximate surface area is 182 Å². The summed E-state index contributed by atoms with van der Waals surface area (Å²) < 4.78 is 21.0.